The topological polar surface area (TPSA) is 52.1 Å². The van der Waals surface area contributed by atoms with Crippen molar-refractivity contribution in [3.63, 3.8) is 0 Å². The quantitative estimate of drug-likeness (QED) is 0.276. The second-order valence-electron chi connectivity index (χ2n) is 8.15. The lowest BCUT2D eigenvalue weighted by Crippen LogP contribution is -2.53. The number of benzene rings is 1. The summed E-state index contributed by atoms with van der Waals surface area (Å²) in [6.45, 7) is 11.0. The van der Waals surface area contributed by atoms with E-state index in [1.807, 2.05) is 7.05 Å². The Balaban J connectivity index is 0.00000450. The Morgan fingerprint density at radius 1 is 1.07 bits per heavy atom. The van der Waals surface area contributed by atoms with Crippen molar-refractivity contribution in [1.82, 2.24) is 20.4 Å². The summed E-state index contributed by atoms with van der Waals surface area (Å²) < 4.78 is 5.56. The van der Waals surface area contributed by atoms with Crippen LogP contribution in [0, 0.1) is 5.92 Å². The van der Waals surface area contributed by atoms with E-state index in [0.717, 1.165) is 51.9 Å². The molecule has 0 bridgehead atoms. The highest BCUT2D eigenvalue weighted by molar-refractivity contribution is 14.0. The van der Waals surface area contributed by atoms with E-state index in [1.54, 1.807) is 0 Å². The van der Waals surface area contributed by atoms with Crippen LogP contribution in [0.2, 0.25) is 0 Å². The number of aliphatic imine (C=N–C) groups is 1. The number of nitrogens with one attached hydrogen (secondary N) is 2. The van der Waals surface area contributed by atoms with E-state index >= 15 is 0 Å². The fourth-order valence-electron chi connectivity index (χ4n) is 4.07. The van der Waals surface area contributed by atoms with Crippen molar-refractivity contribution in [2.24, 2.45) is 10.9 Å². The van der Waals surface area contributed by atoms with Gasteiger partial charge >= 0.3 is 0 Å². The van der Waals surface area contributed by atoms with Crippen LogP contribution >= 0.6 is 24.0 Å². The van der Waals surface area contributed by atoms with E-state index in [2.05, 4.69) is 77.6 Å². The average molecular weight is 532 g/mol. The number of nitrogens with zero attached hydrogens (tertiary/aromatic N) is 3. The third kappa shape index (κ3) is 9.08. The summed E-state index contributed by atoms with van der Waals surface area (Å²) in [4.78, 5) is 9.21. The molecule has 1 unspecified atom stereocenters. The SMILES string of the molecule is CCC(CC)C(CNC(=NC)NCc1ccc(CN(C)C)cc1)N1CCOCC1.I. The number of halogens is 1. The molecule has 1 aliphatic heterocycles. The number of hydrogen-bond donors (Lipinski definition) is 2. The maximum absolute atomic E-state index is 5.56. The molecule has 1 saturated heterocycles. The Bertz CT molecular complexity index is 598. The summed E-state index contributed by atoms with van der Waals surface area (Å²) in [5.74, 6) is 1.55. The van der Waals surface area contributed by atoms with Gasteiger partial charge in [0.2, 0.25) is 0 Å². The van der Waals surface area contributed by atoms with Crippen molar-refractivity contribution in [3.8, 4) is 0 Å². The first-order valence-corrected chi connectivity index (χ1v) is 11.1. The average Bonchev–Trinajstić information content (AvgIpc) is 2.74. The molecule has 0 aliphatic carbocycles. The van der Waals surface area contributed by atoms with Gasteiger partial charge in [-0.1, -0.05) is 51.0 Å². The van der Waals surface area contributed by atoms with Gasteiger partial charge in [-0.2, -0.15) is 0 Å². The van der Waals surface area contributed by atoms with Crippen LogP contribution in [0.4, 0.5) is 0 Å². The zero-order chi connectivity index (χ0) is 21.1. The summed E-state index contributed by atoms with van der Waals surface area (Å²) in [6, 6.07) is 9.31. The van der Waals surface area contributed by atoms with E-state index in [1.165, 1.54) is 24.0 Å². The molecular weight excluding hydrogens is 489 g/mol. The molecule has 30 heavy (non-hydrogen) atoms. The van der Waals surface area contributed by atoms with Gasteiger partial charge < -0.3 is 20.3 Å². The van der Waals surface area contributed by atoms with Crippen LogP contribution in [0.25, 0.3) is 0 Å². The van der Waals surface area contributed by atoms with Crippen molar-refractivity contribution in [2.75, 3.05) is 54.0 Å². The maximum atomic E-state index is 5.56. The standard InChI is InChI=1S/C23H41N5O.HI/c1-6-21(7-2)22(28-12-14-29-15-13-28)17-26-23(24-3)25-16-19-8-10-20(11-9-19)18-27(4)5;/h8-11,21-22H,6-7,12-18H2,1-5H3,(H2,24,25,26);1H. The summed E-state index contributed by atoms with van der Waals surface area (Å²) in [6.07, 6.45) is 2.40. The highest BCUT2D eigenvalue weighted by atomic mass is 127. The molecule has 1 heterocycles. The summed E-state index contributed by atoms with van der Waals surface area (Å²) >= 11 is 0. The van der Waals surface area contributed by atoms with E-state index in [0.29, 0.717) is 12.0 Å². The van der Waals surface area contributed by atoms with Gasteiger partial charge in [0.15, 0.2) is 5.96 Å². The van der Waals surface area contributed by atoms with E-state index in [4.69, 9.17) is 4.74 Å². The zero-order valence-electron chi connectivity index (χ0n) is 19.5. The molecule has 6 nitrogen and oxygen atoms in total. The molecule has 1 aliphatic rings. The van der Waals surface area contributed by atoms with E-state index in [-0.39, 0.29) is 24.0 Å². The molecule has 1 aromatic carbocycles. The molecule has 0 amide bonds. The van der Waals surface area contributed by atoms with Crippen molar-refractivity contribution in [3.05, 3.63) is 35.4 Å². The van der Waals surface area contributed by atoms with E-state index < -0.39 is 0 Å². The van der Waals surface area contributed by atoms with Crippen molar-refractivity contribution in [1.29, 1.82) is 0 Å². The molecule has 172 valence electrons. The highest BCUT2D eigenvalue weighted by Crippen LogP contribution is 2.19. The zero-order valence-corrected chi connectivity index (χ0v) is 21.8. The Labute approximate surface area is 200 Å². The Kier molecular flexibility index (Phi) is 13.6. The Hall–Kier alpha value is -0.900. The van der Waals surface area contributed by atoms with Gasteiger partial charge in [0.1, 0.15) is 0 Å². The molecule has 0 radical (unpaired) electrons. The molecule has 2 rings (SSSR count). The van der Waals surface area contributed by atoms with Crippen molar-refractivity contribution >= 4 is 29.9 Å². The molecule has 0 saturated carbocycles. The van der Waals surface area contributed by atoms with Crippen LogP contribution in [0.5, 0.6) is 0 Å². The van der Waals surface area contributed by atoms with Crippen LogP contribution in [-0.4, -0.2) is 75.8 Å². The molecule has 7 heteroatoms. The minimum atomic E-state index is 0. The van der Waals surface area contributed by atoms with Crippen LogP contribution in [0.15, 0.2) is 29.3 Å². The van der Waals surface area contributed by atoms with Crippen molar-refractivity contribution in [2.45, 2.75) is 45.8 Å². The number of morpholine rings is 1. The number of guanidine groups is 1. The van der Waals surface area contributed by atoms with Gasteiger partial charge in [-0.25, -0.2) is 0 Å². The first kappa shape index (κ1) is 27.1. The fourth-order valence-corrected chi connectivity index (χ4v) is 4.07. The van der Waals surface area contributed by atoms with Crippen LogP contribution in [0.1, 0.15) is 37.8 Å². The number of rotatable bonds is 10. The third-order valence-corrected chi connectivity index (χ3v) is 5.79. The van der Waals surface area contributed by atoms with E-state index in [9.17, 15) is 0 Å². The lowest BCUT2D eigenvalue weighted by Gasteiger charge is -2.39. The molecule has 1 fully saturated rings. The predicted octanol–water partition coefficient (Wildman–Crippen LogP) is 3.17. The molecular formula is C23H42IN5O. The number of hydrogen-bond acceptors (Lipinski definition) is 4. The van der Waals surface area contributed by atoms with Gasteiger partial charge in [-0.15, -0.1) is 24.0 Å². The Morgan fingerprint density at radius 2 is 1.67 bits per heavy atom. The fraction of sp³-hybridized carbons (Fsp3) is 0.696. The van der Waals surface area contributed by atoms with Gasteiger partial charge in [0, 0.05) is 45.8 Å². The lowest BCUT2D eigenvalue weighted by atomic mass is 9.92. The van der Waals surface area contributed by atoms with Crippen LogP contribution in [0.3, 0.4) is 0 Å². The number of ether oxygens (including phenoxy) is 1. The van der Waals surface area contributed by atoms with Crippen LogP contribution < -0.4 is 10.6 Å². The first-order chi connectivity index (χ1) is 14.1. The van der Waals surface area contributed by atoms with Crippen LogP contribution in [-0.2, 0) is 17.8 Å². The molecule has 2 N–H and O–H groups in total. The van der Waals surface area contributed by atoms with Gasteiger partial charge in [0.05, 0.1) is 13.2 Å². The Morgan fingerprint density at radius 3 is 2.20 bits per heavy atom. The largest absolute Gasteiger partial charge is 0.379 e. The smallest absolute Gasteiger partial charge is 0.191 e. The second kappa shape index (κ2) is 15.0. The normalized spacial score (nSPS) is 16.4. The lowest BCUT2D eigenvalue weighted by molar-refractivity contribution is 0.00272. The maximum Gasteiger partial charge on any atom is 0.191 e. The van der Waals surface area contributed by atoms with Gasteiger partial charge in [-0.3, -0.25) is 9.89 Å². The summed E-state index contributed by atoms with van der Waals surface area (Å²) in [7, 11) is 6.03. The molecule has 1 atom stereocenters. The summed E-state index contributed by atoms with van der Waals surface area (Å²) in [5, 5.41) is 7.04. The summed E-state index contributed by atoms with van der Waals surface area (Å²) in [5.41, 5.74) is 2.60. The highest BCUT2D eigenvalue weighted by Gasteiger charge is 2.26. The monoisotopic (exact) mass is 531 g/mol. The molecule has 0 aromatic heterocycles. The van der Waals surface area contributed by atoms with Gasteiger partial charge in [0.25, 0.3) is 0 Å². The minimum Gasteiger partial charge on any atom is -0.379 e. The molecule has 0 spiro atoms. The second-order valence-corrected chi connectivity index (χ2v) is 8.15. The molecule has 1 aromatic rings. The van der Waals surface area contributed by atoms with Crippen molar-refractivity contribution < 1.29 is 4.74 Å². The van der Waals surface area contributed by atoms with Gasteiger partial charge in [-0.05, 0) is 31.1 Å². The predicted molar refractivity (Wildman–Crippen MR) is 138 cm³/mol. The minimum absolute atomic E-state index is 0. The first-order valence-electron chi connectivity index (χ1n) is 11.1. The third-order valence-electron chi connectivity index (χ3n) is 5.79.